The van der Waals surface area contributed by atoms with Crippen LogP contribution in [0.15, 0.2) is 24.3 Å². The highest BCUT2D eigenvalue weighted by Gasteiger charge is 2.28. The first-order valence-corrected chi connectivity index (χ1v) is 8.88. The molecule has 0 amide bonds. The second-order valence-electron chi connectivity index (χ2n) is 6.04. The molecule has 138 valence electrons. The van der Waals surface area contributed by atoms with Crippen LogP contribution in [0.5, 0.6) is 5.75 Å². The average Bonchev–Trinajstić information content (AvgIpc) is 2.55. The van der Waals surface area contributed by atoms with Gasteiger partial charge in [0.25, 0.3) is 0 Å². The van der Waals surface area contributed by atoms with E-state index in [2.05, 4.69) is 6.92 Å². The summed E-state index contributed by atoms with van der Waals surface area (Å²) in [5.74, 6) is 0.241. The number of alkyl halides is 3. The van der Waals surface area contributed by atoms with Crippen LogP contribution in [-0.4, -0.2) is 19.4 Å². The van der Waals surface area contributed by atoms with Crippen LogP contribution in [0.3, 0.4) is 0 Å². The Hall–Kier alpha value is -1.23. The summed E-state index contributed by atoms with van der Waals surface area (Å²) >= 11 is 0. The van der Waals surface area contributed by atoms with Crippen molar-refractivity contribution >= 4 is 0 Å². The molecule has 1 aromatic rings. The van der Waals surface area contributed by atoms with Crippen molar-refractivity contribution in [3.63, 3.8) is 0 Å². The van der Waals surface area contributed by atoms with Crippen molar-refractivity contribution in [1.82, 2.24) is 0 Å². The van der Waals surface area contributed by atoms with E-state index in [0.717, 1.165) is 12.8 Å². The summed E-state index contributed by atoms with van der Waals surface area (Å²) in [6, 6.07) is 6.71. The Morgan fingerprint density at radius 1 is 0.875 bits per heavy atom. The molecule has 0 radical (unpaired) electrons. The van der Waals surface area contributed by atoms with Gasteiger partial charge in [-0.2, -0.15) is 13.2 Å². The number of halogens is 3. The maximum atomic E-state index is 12.2. The van der Waals surface area contributed by atoms with Gasteiger partial charge in [0.1, 0.15) is 5.75 Å². The molecule has 0 heterocycles. The Bertz CT molecular complexity index is 433. The SMILES string of the molecule is CCCCCCCCCCOCc1ccccc1OCC(F)(F)F. The van der Waals surface area contributed by atoms with Gasteiger partial charge in [0.05, 0.1) is 6.61 Å². The van der Waals surface area contributed by atoms with Crippen molar-refractivity contribution in [3.05, 3.63) is 29.8 Å². The molecule has 0 saturated carbocycles. The maximum absolute atomic E-state index is 12.2. The first kappa shape index (κ1) is 20.8. The lowest BCUT2D eigenvalue weighted by atomic mass is 10.1. The molecule has 1 rings (SSSR count). The van der Waals surface area contributed by atoms with Crippen LogP contribution < -0.4 is 4.74 Å². The van der Waals surface area contributed by atoms with Crippen molar-refractivity contribution in [2.24, 2.45) is 0 Å². The Kier molecular flexibility index (Phi) is 10.6. The molecule has 1 aromatic carbocycles. The molecule has 5 heteroatoms. The molecule has 0 saturated heterocycles. The molecule has 0 unspecified atom stereocenters. The van der Waals surface area contributed by atoms with Gasteiger partial charge >= 0.3 is 6.18 Å². The number of ether oxygens (including phenoxy) is 2. The van der Waals surface area contributed by atoms with Crippen LogP contribution in [0.25, 0.3) is 0 Å². The predicted octanol–water partition coefficient (Wildman–Crippen LogP) is 6.29. The predicted molar refractivity (Wildman–Crippen MR) is 90.3 cm³/mol. The number of rotatable bonds is 13. The monoisotopic (exact) mass is 346 g/mol. The molecule has 0 atom stereocenters. The van der Waals surface area contributed by atoms with Crippen LogP contribution in [0.2, 0.25) is 0 Å². The average molecular weight is 346 g/mol. The van der Waals surface area contributed by atoms with E-state index in [-0.39, 0.29) is 12.4 Å². The fourth-order valence-electron chi connectivity index (χ4n) is 2.44. The van der Waals surface area contributed by atoms with E-state index in [0.29, 0.717) is 12.2 Å². The minimum atomic E-state index is -4.33. The van der Waals surface area contributed by atoms with E-state index in [1.807, 2.05) is 0 Å². The Morgan fingerprint density at radius 3 is 2.17 bits per heavy atom. The molecule has 0 aliphatic rings. The standard InChI is InChI=1S/C19H29F3O2/c1-2-3-4-5-6-7-8-11-14-23-15-17-12-9-10-13-18(17)24-16-19(20,21)22/h9-10,12-13H,2-8,11,14-16H2,1H3. The van der Waals surface area contributed by atoms with Gasteiger partial charge in [-0.05, 0) is 12.5 Å². The summed E-state index contributed by atoms with van der Waals surface area (Å²) in [7, 11) is 0. The summed E-state index contributed by atoms with van der Waals surface area (Å²) in [4.78, 5) is 0. The number of unbranched alkanes of at least 4 members (excludes halogenated alkanes) is 7. The number of hydrogen-bond donors (Lipinski definition) is 0. The smallest absolute Gasteiger partial charge is 0.422 e. The van der Waals surface area contributed by atoms with Crippen LogP contribution in [0.4, 0.5) is 13.2 Å². The van der Waals surface area contributed by atoms with Crippen molar-refractivity contribution < 1.29 is 22.6 Å². The van der Waals surface area contributed by atoms with Crippen LogP contribution in [0.1, 0.15) is 63.9 Å². The first-order valence-electron chi connectivity index (χ1n) is 8.88. The minimum absolute atomic E-state index is 0.241. The third kappa shape index (κ3) is 10.5. The fraction of sp³-hybridized carbons (Fsp3) is 0.684. The zero-order valence-corrected chi connectivity index (χ0v) is 14.5. The van der Waals surface area contributed by atoms with Crippen LogP contribution in [-0.2, 0) is 11.3 Å². The zero-order valence-electron chi connectivity index (χ0n) is 14.5. The lowest BCUT2D eigenvalue weighted by molar-refractivity contribution is -0.153. The minimum Gasteiger partial charge on any atom is -0.484 e. The van der Waals surface area contributed by atoms with E-state index in [1.165, 1.54) is 38.5 Å². The molecule has 0 spiro atoms. The van der Waals surface area contributed by atoms with Crippen molar-refractivity contribution in [2.45, 2.75) is 71.1 Å². The molecular weight excluding hydrogens is 317 g/mol. The summed E-state index contributed by atoms with van der Waals surface area (Å²) in [5, 5.41) is 0. The van der Waals surface area contributed by atoms with E-state index >= 15 is 0 Å². The van der Waals surface area contributed by atoms with Crippen molar-refractivity contribution in [3.8, 4) is 5.75 Å². The Labute approximate surface area is 143 Å². The van der Waals surface area contributed by atoms with Gasteiger partial charge in [-0.25, -0.2) is 0 Å². The second-order valence-corrected chi connectivity index (χ2v) is 6.04. The molecule has 0 N–H and O–H groups in total. The third-order valence-electron chi connectivity index (χ3n) is 3.76. The number of para-hydroxylation sites is 1. The molecular formula is C19H29F3O2. The Balaban J connectivity index is 2.14. The van der Waals surface area contributed by atoms with Gasteiger partial charge in [-0.3, -0.25) is 0 Å². The van der Waals surface area contributed by atoms with E-state index < -0.39 is 12.8 Å². The zero-order chi connectivity index (χ0) is 17.7. The largest absolute Gasteiger partial charge is 0.484 e. The Morgan fingerprint density at radius 2 is 1.50 bits per heavy atom. The summed E-state index contributed by atoms with van der Waals surface area (Å²) in [5.41, 5.74) is 0.654. The quantitative estimate of drug-likeness (QED) is 0.391. The van der Waals surface area contributed by atoms with Crippen molar-refractivity contribution in [1.29, 1.82) is 0 Å². The van der Waals surface area contributed by atoms with E-state index in [9.17, 15) is 13.2 Å². The summed E-state index contributed by atoms with van der Waals surface area (Å²) in [6.07, 6.45) is 5.50. The molecule has 24 heavy (non-hydrogen) atoms. The summed E-state index contributed by atoms with van der Waals surface area (Å²) in [6.45, 7) is 1.85. The first-order chi connectivity index (χ1) is 11.5. The highest BCUT2D eigenvalue weighted by molar-refractivity contribution is 5.32. The van der Waals surface area contributed by atoms with Crippen LogP contribution in [0, 0.1) is 0 Å². The van der Waals surface area contributed by atoms with Gasteiger partial charge in [-0.15, -0.1) is 0 Å². The van der Waals surface area contributed by atoms with E-state index in [1.54, 1.807) is 24.3 Å². The molecule has 2 nitrogen and oxygen atoms in total. The normalized spacial score (nSPS) is 11.7. The van der Waals surface area contributed by atoms with Gasteiger partial charge in [0.15, 0.2) is 6.61 Å². The van der Waals surface area contributed by atoms with Gasteiger partial charge in [0, 0.05) is 12.2 Å². The van der Waals surface area contributed by atoms with Gasteiger partial charge < -0.3 is 9.47 Å². The van der Waals surface area contributed by atoms with E-state index in [4.69, 9.17) is 9.47 Å². The second kappa shape index (κ2) is 12.2. The highest BCUT2D eigenvalue weighted by Crippen LogP contribution is 2.22. The molecule has 0 aliphatic carbocycles. The number of hydrogen-bond acceptors (Lipinski definition) is 2. The lowest BCUT2D eigenvalue weighted by Crippen LogP contribution is -2.19. The topological polar surface area (TPSA) is 18.5 Å². The van der Waals surface area contributed by atoms with Gasteiger partial charge in [0.2, 0.25) is 0 Å². The third-order valence-corrected chi connectivity index (χ3v) is 3.76. The molecule has 0 aromatic heterocycles. The highest BCUT2D eigenvalue weighted by atomic mass is 19.4. The lowest BCUT2D eigenvalue weighted by Gasteiger charge is -2.13. The molecule has 0 aliphatic heterocycles. The molecule has 0 bridgehead atoms. The summed E-state index contributed by atoms with van der Waals surface area (Å²) < 4.78 is 47.1. The van der Waals surface area contributed by atoms with Gasteiger partial charge in [-0.1, -0.05) is 70.1 Å². The number of benzene rings is 1. The molecule has 0 fully saturated rings. The maximum Gasteiger partial charge on any atom is 0.422 e. The fourth-order valence-corrected chi connectivity index (χ4v) is 2.44. The van der Waals surface area contributed by atoms with Crippen LogP contribution >= 0.6 is 0 Å². The van der Waals surface area contributed by atoms with Crippen molar-refractivity contribution in [2.75, 3.05) is 13.2 Å².